The third-order valence-electron chi connectivity index (χ3n) is 2.06. The van der Waals surface area contributed by atoms with E-state index in [1.54, 1.807) is 24.3 Å². The van der Waals surface area contributed by atoms with Crippen LogP contribution in [0, 0.1) is 0 Å². The van der Waals surface area contributed by atoms with Gasteiger partial charge in [0.25, 0.3) is 5.91 Å². The number of benzene rings is 1. The van der Waals surface area contributed by atoms with Crippen LogP contribution < -0.4 is 5.32 Å². The molecule has 1 amide bonds. The Balaban J connectivity index is 2.18. The molecule has 0 unspecified atom stereocenters. The number of hydrogen-bond acceptors (Lipinski definition) is 3. The average Bonchev–Trinajstić information content (AvgIpc) is 2.78. The Kier molecular flexibility index (Phi) is 2.82. The number of anilines is 1. The summed E-state index contributed by atoms with van der Waals surface area (Å²) in [6, 6.07) is 10.4. The van der Waals surface area contributed by atoms with Crippen LogP contribution in [0.2, 0.25) is 0 Å². The maximum atomic E-state index is 11.7. The van der Waals surface area contributed by atoms with Gasteiger partial charge in [0.2, 0.25) is 5.76 Å². The molecular formula is C12H9NO3. The summed E-state index contributed by atoms with van der Waals surface area (Å²) in [5, 5.41) is 2.63. The van der Waals surface area contributed by atoms with Gasteiger partial charge in [-0.15, -0.1) is 0 Å². The van der Waals surface area contributed by atoms with Crippen LogP contribution in [0.15, 0.2) is 47.1 Å². The summed E-state index contributed by atoms with van der Waals surface area (Å²) in [5.41, 5.74) is 0.897. The zero-order chi connectivity index (χ0) is 11.4. The Labute approximate surface area is 91.9 Å². The van der Waals surface area contributed by atoms with Gasteiger partial charge in [-0.1, -0.05) is 18.2 Å². The van der Waals surface area contributed by atoms with Crippen LogP contribution in [0.5, 0.6) is 0 Å². The SMILES string of the molecule is O=Cc1ccoc1C(=O)Nc1ccccc1. The number of carbonyl (C=O) groups is 2. The Morgan fingerprint density at radius 1 is 1.19 bits per heavy atom. The molecule has 80 valence electrons. The zero-order valence-corrected chi connectivity index (χ0v) is 8.34. The molecule has 1 aromatic carbocycles. The molecule has 0 saturated carbocycles. The molecule has 0 fully saturated rings. The highest BCUT2D eigenvalue weighted by molar-refractivity contribution is 6.06. The summed E-state index contributed by atoms with van der Waals surface area (Å²) in [7, 11) is 0. The molecule has 4 heteroatoms. The molecule has 0 saturated heterocycles. The number of para-hydroxylation sites is 1. The number of furan rings is 1. The molecule has 4 nitrogen and oxygen atoms in total. The number of aldehydes is 1. The van der Waals surface area contributed by atoms with Gasteiger partial charge in [-0.05, 0) is 18.2 Å². The fraction of sp³-hybridized carbons (Fsp3) is 0. The highest BCUT2D eigenvalue weighted by atomic mass is 16.3. The Morgan fingerprint density at radius 2 is 1.94 bits per heavy atom. The highest BCUT2D eigenvalue weighted by Crippen LogP contribution is 2.12. The topological polar surface area (TPSA) is 59.3 Å². The van der Waals surface area contributed by atoms with Gasteiger partial charge in [0.05, 0.1) is 11.8 Å². The zero-order valence-electron chi connectivity index (χ0n) is 8.34. The van der Waals surface area contributed by atoms with E-state index < -0.39 is 5.91 Å². The summed E-state index contributed by atoms with van der Waals surface area (Å²) >= 11 is 0. The summed E-state index contributed by atoms with van der Waals surface area (Å²) in [6.07, 6.45) is 1.90. The third kappa shape index (κ3) is 2.00. The molecule has 2 aromatic rings. The van der Waals surface area contributed by atoms with Crippen LogP contribution >= 0.6 is 0 Å². The monoisotopic (exact) mass is 215 g/mol. The number of amides is 1. The van der Waals surface area contributed by atoms with Crippen molar-refractivity contribution in [1.29, 1.82) is 0 Å². The largest absolute Gasteiger partial charge is 0.458 e. The van der Waals surface area contributed by atoms with Gasteiger partial charge in [-0.2, -0.15) is 0 Å². The molecule has 0 aliphatic carbocycles. The Hall–Kier alpha value is -2.36. The maximum Gasteiger partial charge on any atom is 0.292 e. The van der Waals surface area contributed by atoms with Crippen molar-refractivity contribution < 1.29 is 14.0 Å². The van der Waals surface area contributed by atoms with Crippen molar-refractivity contribution in [2.75, 3.05) is 5.32 Å². The van der Waals surface area contributed by atoms with E-state index >= 15 is 0 Å². The molecule has 2 rings (SSSR count). The van der Waals surface area contributed by atoms with E-state index in [0.717, 1.165) is 0 Å². The van der Waals surface area contributed by atoms with E-state index in [9.17, 15) is 9.59 Å². The van der Waals surface area contributed by atoms with Crippen molar-refractivity contribution in [3.05, 3.63) is 54.0 Å². The molecule has 1 heterocycles. The Morgan fingerprint density at radius 3 is 2.62 bits per heavy atom. The van der Waals surface area contributed by atoms with Crippen LogP contribution in [0.3, 0.4) is 0 Å². The first kappa shape index (κ1) is 10.2. The normalized spacial score (nSPS) is 9.75. The van der Waals surface area contributed by atoms with E-state index in [0.29, 0.717) is 12.0 Å². The minimum Gasteiger partial charge on any atom is -0.458 e. The quantitative estimate of drug-likeness (QED) is 0.799. The molecule has 1 N–H and O–H groups in total. The molecule has 16 heavy (non-hydrogen) atoms. The van der Waals surface area contributed by atoms with Crippen molar-refractivity contribution >= 4 is 17.9 Å². The van der Waals surface area contributed by atoms with Gasteiger partial charge in [-0.25, -0.2) is 0 Å². The van der Waals surface area contributed by atoms with Gasteiger partial charge in [0, 0.05) is 5.69 Å². The first-order valence-electron chi connectivity index (χ1n) is 4.70. The lowest BCUT2D eigenvalue weighted by Gasteiger charge is -2.02. The minimum absolute atomic E-state index is 0.0267. The van der Waals surface area contributed by atoms with Gasteiger partial charge >= 0.3 is 0 Å². The summed E-state index contributed by atoms with van der Waals surface area (Å²) < 4.78 is 4.95. The molecular weight excluding hydrogens is 206 g/mol. The number of nitrogens with one attached hydrogen (secondary N) is 1. The summed E-state index contributed by atoms with van der Waals surface area (Å²) in [5.74, 6) is -0.405. The van der Waals surface area contributed by atoms with E-state index in [1.807, 2.05) is 6.07 Å². The first-order valence-corrected chi connectivity index (χ1v) is 4.70. The maximum absolute atomic E-state index is 11.7. The minimum atomic E-state index is -0.432. The fourth-order valence-electron chi connectivity index (χ4n) is 1.31. The standard InChI is InChI=1S/C12H9NO3/c14-8-9-6-7-16-11(9)12(15)13-10-4-2-1-3-5-10/h1-8H,(H,13,15). The van der Waals surface area contributed by atoms with Gasteiger partial charge in [-0.3, -0.25) is 9.59 Å². The second-order valence-corrected chi connectivity index (χ2v) is 3.14. The molecule has 0 aliphatic rings. The smallest absolute Gasteiger partial charge is 0.292 e. The second-order valence-electron chi connectivity index (χ2n) is 3.14. The molecule has 0 radical (unpaired) electrons. The third-order valence-corrected chi connectivity index (χ3v) is 2.06. The fourth-order valence-corrected chi connectivity index (χ4v) is 1.31. The van der Waals surface area contributed by atoms with Crippen LogP contribution in [-0.4, -0.2) is 12.2 Å². The van der Waals surface area contributed by atoms with Crippen LogP contribution in [0.25, 0.3) is 0 Å². The molecule has 0 spiro atoms. The lowest BCUT2D eigenvalue weighted by Crippen LogP contribution is -2.12. The van der Waals surface area contributed by atoms with Gasteiger partial charge in [0.15, 0.2) is 6.29 Å². The van der Waals surface area contributed by atoms with E-state index in [-0.39, 0.29) is 11.3 Å². The van der Waals surface area contributed by atoms with Crippen molar-refractivity contribution in [3.63, 3.8) is 0 Å². The summed E-state index contributed by atoms with van der Waals surface area (Å²) in [6.45, 7) is 0. The predicted octanol–water partition coefficient (Wildman–Crippen LogP) is 2.34. The average molecular weight is 215 g/mol. The summed E-state index contributed by atoms with van der Waals surface area (Å²) in [4.78, 5) is 22.3. The van der Waals surface area contributed by atoms with Crippen LogP contribution in [-0.2, 0) is 0 Å². The number of rotatable bonds is 3. The lowest BCUT2D eigenvalue weighted by atomic mass is 10.2. The van der Waals surface area contributed by atoms with E-state index in [4.69, 9.17) is 4.42 Å². The van der Waals surface area contributed by atoms with E-state index in [2.05, 4.69) is 5.32 Å². The molecule has 1 aromatic heterocycles. The van der Waals surface area contributed by atoms with Crippen molar-refractivity contribution in [1.82, 2.24) is 0 Å². The predicted molar refractivity (Wildman–Crippen MR) is 58.5 cm³/mol. The number of hydrogen-bond donors (Lipinski definition) is 1. The van der Waals surface area contributed by atoms with Gasteiger partial charge in [0.1, 0.15) is 0 Å². The van der Waals surface area contributed by atoms with Gasteiger partial charge < -0.3 is 9.73 Å². The Bertz CT molecular complexity index is 502. The van der Waals surface area contributed by atoms with Crippen molar-refractivity contribution in [2.45, 2.75) is 0 Å². The first-order chi connectivity index (χ1) is 7.81. The number of carbonyl (C=O) groups excluding carboxylic acids is 2. The molecule has 0 aliphatic heterocycles. The van der Waals surface area contributed by atoms with Crippen LogP contribution in [0.4, 0.5) is 5.69 Å². The van der Waals surface area contributed by atoms with Crippen molar-refractivity contribution in [3.8, 4) is 0 Å². The second kappa shape index (κ2) is 4.44. The van der Waals surface area contributed by atoms with Crippen LogP contribution in [0.1, 0.15) is 20.9 Å². The van der Waals surface area contributed by atoms with E-state index in [1.165, 1.54) is 12.3 Å². The molecule has 0 atom stereocenters. The molecule has 0 bridgehead atoms. The highest BCUT2D eigenvalue weighted by Gasteiger charge is 2.14. The van der Waals surface area contributed by atoms with Crippen molar-refractivity contribution in [2.24, 2.45) is 0 Å². The lowest BCUT2D eigenvalue weighted by molar-refractivity contribution is 0.0988.